The fraction of sp³-hybridized carbons (Fsp3) is 0.667. The lowest BCUT2D eigenvalue weighted by molar-refractivity contribution is -0.144. The number of aryl methyl sites for hydroxylation is 1. The molecular weight excluding hydrogens is 328 g/mol. The van der Waals surface area contributed by atoms with Gasteiger partial charge in [0, 0.05) is 12.8 Å². The van der Waals surface area contributed by atoms with Crippen LogP contribution in [0.1, 0.15) is 78.0 Å². The van der Waals surface area contributed by atoms with Crippen molar-refractivity contribution in [2.24, 2.45) is 11.5 Å². The molecule has 5 nitrogen and oxygen atoms in total. The second-order valence-corrected chi connectivity index (χ2v) is 9.52. The Labute approximate surface area is 158 Å². The topological polar surface area (TPSA) is 98.6 Å². The Morgan fingerprint density at radius 1 is 1.00 bits per heavy atom. The largest absolute Gasteiger partial charge is 0.507 e. The fourth-order valence-corrected chi connectivity index (χ4v) is 2.69. The summed E-state index contributed by atoms with van der Waals surface area (Å²) in [4.78, 5) is 12.0. The molecule has 0 aliphatic carbocycles. The van der Waals surface area contributed by atoms with Crippen LogP contribution >= 0.6 is 0 Å². The van der Waals surface area contributed by atoms with Crippen molar-refractivity contribution in [3.8, 4) is 5.75 Å². The number of rotatable bonds is 6. The highest BCUT2D eigenvalue weighted by Gasteiger charge is 2.26. The Hall–Kier alpha value is -1.59. The number of hydrogen-bond donors (Lipinski definition) is 3. The number of phenolic OH excluding ortho intramolecular Hbond substituents is 1. The molecule has 0 heterocycles. The van der Waals surface area contributed by atoms with Gasteiger partial charge in [0.25, 0.3) is 0 Å². The van der Waals surface area contributed by atoms with E-state index < -0.39 is 5.66 Å². The minimum absolute atomic E-state index is 0.187. The average molecular weight is 365 g/mol. The number of ether oxygens (including phenoxy) is 1. The Morgan fingerprint density at radius 3 is 1.85 bits per heavy atom. The molecule has 0 saturated heterocycles. The summed E-state index contributed by atoms with van der Waals surface area (Å²) >= 11 is 0. The molecule has 0 unspecified atom stereocenters. The number of benzene rings is 1. The molecule has 148 valence electrons. The third kappa shape index (κ3) is 6.96. The van der Waals surface area contributed by atoms with Gasteiger partial charge in [-0.2, -0.15) is 0 Å². The van der Waals surface area contributed by atoms with E-state index in [1.807, 2.05) is 12.1 Å². The zero-order valence-electron chi connectivity index (χ0n) is 17.4. The molecule has 0 bridgehead atoms. The second-order valence-electron chi connectivity index (χ2n) is 9.52. The van der Waals surface area contributed by atoms with E-state index in [0.29, 0.717) is 18.6 Å². The number of carbonyl (C=O) groups excluding carboxylic acids is 1. The lowest BCUT2D eigenvalue weighted by atomic mass is 9.78. The van der Waals surface area contributed by atoms with Crippen LogP contribution < -0.4 is 11.5 Å². The molecular formula is C21H36N2O3. The van der Waals surface area contributed by atoms with Crippen molar-refractivity contribution in [1.82, 2.24) is 0 Å². The highest BCUT2D eigenvalue weighted by molar-refractivity contribution is 5.69. The van der Waals surface area contributed by atoms with Crippen LogP contribution in [-0.2, 0) is 26.8 Å². The predicted octanol–water partition coefficient (Wildman–Crippen LogP) is 3.49. The van der Waals surface area contributed by atoms with Crippen molar-refractivity contribution in [3.05, 3.63) is 28.8 Å². The number of nitrogens with two attached hydrogens (primary N) is 2. The summed E-state index contributed by atoms with van der Waals surface area (Å²) in [6.07, 6.45) is 1.26. The van der Waals surface area contributed by atoms with E-state index in [0.717, 1.165) is 16.7 Å². The SMILES string of the molecule is CC(N)(N)CCOC(=O)CCc1cc(C(C)(C)C)c(O)c(C(C)(C)C)c1. The molecule has 26 heavy (non-hydrogen) atoms. The van der Waals surface area contributed by atoms with Gasteiger partial charge in [-0.15, -0.1) is 0 Å². The van der Waals surface area contributed by atoms with Gasteiger partial charge in [0.1, 0.15) is 5.75 Å². The summed E-state index contributed by atoms with van der Waals surface area (Å²) in [6, 6.07) is 3.99. The van der Waals surface area contributed by atoms with Crippen LogP contribution in [0.4, 0.5) is 0 Å². The van der Waals surface area contributed by atoms with Crippen molar-refractivity contribution in [3.63, 3.8) is 0 Å². The molecule has 0 amide bonds. The van der Waals surface area contributed by atoms with E-state index in [2.05, 4.69) is 41.5 Å². The Kier molecular flexibility index (Phi) is 6.88. The molecule has 5 N–H and O–H groups in total. The second kappa shape index (κ2) is 7.97. The molecule has 0 spiro atoms. The average Bonchev–Trinajstić information content (AvgIpc) is 2.42. The molecule has 1 rings (SSSR count). The van der Waals surface area contributed by atoms with Crippen LogP contribution in [0, 0.1) is 0 Å². The number of hydrogen-bond acceptors (Lipinski definition) is 5. The Balaban J connectivity index is 2.91. The first kappa shape index (κ1) is 22.5. The van der Waals surface area contributed by atoms with E-state index in [1.54, 1.807) is 6.92 Å². The number of aromatic hydroxyl groups is 1. The summed E-state index contributed by atoms with van der Waals surface area (Å²) in [7, 11) is 0. The van der Waals surface area contributed by atoms with E-state index in [1.165, 1.54) is 0 Å². The Morgan fingerprint density at radius 2 is 1.46 bits per heavy atom. The zero-order valence-corrected chi connectivity index (χ0v) is 17.4. The lowest BCUT2D eigenvalue weighted by Crippen LogP contribution is -2.46. The highest BCUT2D eigenvalue weighted by atomic mass is 16.5. The summed E-state index contributed by atoms with van der Waals surface area (Å²) in [6.45, 7) is 14.3. The van der Waals surface area contributed by atoms with Crippen LogP contribution in [0.2, 0.25) is 0 Å². The van der Waals surface area contributed by atoms with Gasteiger partial charge < -0.3 is 21.3 Å². The smallest absolute Gasteiger partial charge is 0.306 e. The van der Waals surface area contributed by atoms with Crippen LogP contribution in [0.15, 0.2) is 12.1 Å². The normalized spacial score (nSPS) is 13.0. The molecule has 0 saturated carbocycles. The fourth-order valence-electron chi connectivity index (χ4n) is 2.69. The minimum Gasteiger partial charge on any atom is -0.507 e. The van der Waals surface area contributed by atoms with E-state index in [4.69, 9.17) is 16.2 Å². The number of carbonyl (C=O) groups is 1. The maximum Gasteiger partial charge on any atom is 0.306 e. The molecule has 0 aliphatic heterocycles. The van der Waals surface area contributed by atoms with Crippen molar-refractivity contribution in [1.29, 1.82) is 0 Å². The standard InChI is InChI=1S/C21H36N2O3/c1-19(2,3)15-12-14(13-16(18(15)25)20(4,5)6)8-9-17(24)26-11-10-21(7,22)23/h12-13,25H,8-11,22-23H2,1-7H3. The third-order valence-corrected chi connectivity index (χ3v) is 4.31. The van der Waals surface area contributed by atoms with E-state index in [-0.39, 0.29) is 29.8 Å². The van der Waals surface area contributed by atoms with Gasteiger partial charge >= 0.3 is 5.97 Å². The van der Waals surface area contributed by atoms with E-state index in [9.17, 15) is 9.90 Å². The molecule has 1 aromatic carbocycles. The van der Waals surface area contributed by atoms with Gasteiger partial charge in [-0.05, 0) is 40.9 Å². The molecule has 0 aromatic heterocycles. The van der Waals surface area contributed by atoms with Crippen molar-refractivity contribution < 1.29 is 14.6 Å². The molecule has 5 heteroatoms. The van der Waals surface area contributed by atoms with Gasteiger partial charge in [-0.25, -0.2) is 0 Å². The number of esters is 1. The van der Waals surface area contributed by atoms with Gasteiger partial charge in [-0.1, -0.05) is 53.7 Å². The molecule has 0 radical (unpaired) electrons. The molecule has 1 aromatic rings. The number of phenols is 1. The van der Waals surface area contributed by atoms with Gasteiger partial charge in [0.2, 0.25) is 0 Å². The molecule has 0 fully saturated rings. The first-order chi connectivity index (χ1) is 11.6. The van der Waals surface area contributed by atoms with Gasteiger partial charge in [0.05, 0.1) is 12.3 Å². The van der Waals surface area contributed by atoms with Crippen LogP contribution in [0.25, 0.3) is 0 Å². The van der Waals surface area contributed by atoms with Crippen LogP contribution in [-0.4, -0.2) is 23.3 Å². The Bertz CT molecular complexity index is 597. The summed E-state index contributed by atoms with van der Waals surface area (Å²) in [5.41, 5.74) is 13.0. The maximum absolute atomic E-state index is 12.0. The van der Waals surface area contributed by atoms with Gasteiger partial charge in [-0.3, -0.25) is 4.79 Å². The quantitative estimate of drug-likeness (QED) is 0.530. The molecule has 0 atom stereocenters. The van der Waals surface area contributed by atoms with Crippen molar-refractivity contribution in [2.45, 2.75) is 84.2 Å². The van der Waals surface area contributed by atoms with Gasteiger partial charge in [0.15, 0.2) is 0 Å². The summed E-state index contributed by atoms with van der Waals surface area (Å²) in [5.74, 6) is 0.0819. The van der Waals surface area contributed by atoms with Crippen LogP contribution in [0.3, 0.4) is 0 Å². The van der Waals surface area contributed by atoms with Crippen molar-refractivity contribution in [2.75, 3.05) is 6.61 Å². The highest BCUT2D eigenvalue weighted by Crippen LogP contribution is 2.39. The predicted molar refractivity (Wildman–Crippen MR) is 106 cm³/mol. The maximum atomic E-state index is 12.0. The zero-order chi connectivity index (χ0) is 20.3. The minimum atomic E-state index is -0.833. The summed E-state index contributed by atoms with van der Waals surface area (Å²) < 4.78 is 5.21. The van der Waals surface area contributed by atoms with Crippen LogP contribution in [0.5, 0.6) is 5.75 Å². The van der Waals surface area contributed by atoms with Crippen molar-refractivity contribution >= 4 is 5.97 Å². The first-order valence-electron chi connectivity index (χ1n) is 9.21. The summed E-state index contributed by atoms with van der Waals surface area (Å²) in [5, 5.41) is 10.7. The third-order valence-electron chi connectivity index (χ3n) is 4.31. The first-order valence-corrected chi connectivity index (χ1v) is 9.21. The van der Waals surface area contributed by atoms with E-state index >= 15 is 0 Å². The monoisotopic (exact) mass is 364 g/mol. The lowest BCUT2D eigenvalue weighted by Gasteiger charge is -2.28. The molecule has 0 aliphatic rings.